The van der Waals surface area contributed by atoms with E-state index in [1.165, 1.54) is 11.8 Å². The summed E-state index contributed by atoms with van der Waals surface area (Å²) < 4.78 is 5.05. The topological polar surface area (TPSA) is 110 Å². The minimum absolute atomic E-state index is 0.0380. The number of nitrogens with one attached hydrogen (secondary N) is 2. The highest BCUT2D eigenvalue weighted by molar-refractivity contribution is 7.99. The number of hydrogen-bond acceptors (Lipinski definition) is 6. The third-order valence-corrected chi connectivity index (χ3v) is 6.42. The summed E-state index contributed by atoms with van der Waals surface area (Å²) in [6, 6.07) is 10.1. The summed E-state index contributed by atoms with van der Waals surface area (Å²) in [5.41, 5.74) is 6.22. The number of oxazole rings is 1. The molecule has 2 atom stereocenters. The lowest BCUT2D eigenvalue weighted by atomic mass is 9.88. The zero-order valence-electron chi connectivity index (χ0n) is 14.8. The van der Waals surface area contributed by atoms with E-state index in [1.54, 1.807) is 0 Å². The fourth-order valence-corrected chi connectivity index (χ4v) is 4.87. The van der Waals surface area contributed by atoms with E-state index in [2.05, 4.69) is 27.8 Å². The smallest absolute Gasteiger partial charge is 0.292 e. The van der Waals surface area contributed by atoms with Gasteiger partial charge in [0.05, 0.1) is 17.7 Å². The van der Waals surface area contributed by atoms with Gasteiger partial charge in [-0.25, -0.2) is 4.98 Å². The number of thioether (sulfide) groups is 1. The van der Waals surface area contributed by atoms with Gasteiger partial charge in [-0.15, -0.1) is 0 Å². The van der Waals surface area contributed by atoms with Crippen LogP contribution >= 0.6 is 11.8 Å². The van der Waals surface area contributed by atoms with Gasteiger partial charge < -0.3 is 20.8 Å². The maximum Gasteiger partial charge on any atom is 0.292 e. The molecule has 1 aliphatic carbocycles. The van der Waals surface area contributed by atoms with Crippen molar-refractivity contribution in [2.24, 2.45) is 5.92 Å². The minimum Gasteiger partial charge on any atom is -0.418 e. The number of amides is 2. The first-order valence-corrected chi connectivity index (χ1v) is 10.2. The highest BCUT2D eigenvalue weighted by Gasteiger charge is 2.45. The van der Waals surface area contributed by atoms with Gasteiger partial charge in [-0.05, 0) is 18.4 Å². The van der Waals surface area contributed by atoms with Crippen molar-refractivity contribution in [1.82, 2.24) is 15.6 Å². The van der Waals surface area contributed by atoms with E-state index in [0.717, 1.165) is 24.3 Å². The molecule has 4 rings (SSSR count). The van der Waals surface area contributed by atoms with Crippen LogP contribution in [0, 0.1) is 5.92 Å². The zero-order chi connectivity index (χ0) is 18.9. The van der Waals surface area contributed by atoms with Crippen molar-refractivity contribution in [1.29, 1.82) is 0 Å². The molecule has 2 amide bonds. The summed E-state index contributed by atoms with van der Waals surface area (Å²) in [5, 5.41) is 5.99. The highest BCUT2D eigenvalue weighted by Crippen LogP contribution is 2.39. The lowest BCUT2D eigenvalue weighted by molar-refractivity contribution is -0.124. The third kappa shape index (κ3) is 3.95. The Labute approximate surface area is 161 Å². The number of nitrogens with two attached hydrogens (primary N) is 1. The molecular formula is C19H22N4O3S. The second-order valence-electron chi connectivity index (χ2n) is 7.18. The lowest BCUT2D eigenvalue weighted by Crippen LogP contribution is -2.47. The van der Waals surface area contributed by atoms with Crippen LogP contribution in [-0.4, -0.2) is 40.4 Å². The van der Waals surface area contributed by atoms with Gasteiger partial charge in [-0.3, -0.25) is 9.59 Å². The molecule has 1 saturated heterocycles. The molecule has 2 aliphatic rings. The number of nitrogen functional groups attached to an aromatic ring is 1. The summed E-state index contributed by atoms with van der Waals surface area (Å²) in [6.07, 6.45) is 2.95. The molecule has 7 nitrogen and oxygen atoms in total. The van der Waals surface area contributed by atoms with Gasteiger partial charge in [0.15, 0.2) is 0 Å². The monoisotopic (exact) mass is 386 g/mol. The van der Waals surface area contributed by atoms with Crippen LogP contribution in [0.25, 0.3) is 0 Å². The van der Waals surface area contributed by atoms with Crippen LogP contribution in [0.4, 0.5) is 6.01 Å². The molecule has 1 saturated carbocycles. The van der Waals surface area contributed by atoms with E-state index < -0.39 is 5.54 Å². The van der Waals surface area contributed by atoms with Gasteiger partial charge in [0.1, 0.15) is 0 Å². The summed E-state index contributed by atoms with van der Waals surface area (Å²) in [4.78, 5) is 28.7. The van der Waals surface area contributed by atoms with Crippen molar-refractivity contribution in [3.63, 3.8) is 0 Å². The van der Waals surface area contributed by atoms with Gasteiger partial charge in [-0.2, -0.15) is 11.8 Å². The van der Waals surface area contributed by atoms with E-state index in [9.17, 15) is 9.59 Å². The second kappa shape index (κ2) is 7.26. The fraction of sp³-hybridized carbons (Fsp3) is 0.421. The van der Waals surface area contributed by atoms with Crippen LogP contribution in [0.5, 0.6) is 0 Å². The fourth-order valence-electron chi connectivity index (χ4n) is 3.42. The average molecular weight is 386 g/mol. The van der Waals surface area contributed by atoms with E-state index in [1.807, 2.05) is 30.0 Å². The number of anilines is 1. The van der Waals surface area contributed by atoms with Crippen molar-refractivity contribution in [3.8, 4) is 0 Å². The molecule has 1 aliphatic heterocycles. The Morgan fingerprint density at radius 3 is 2.70 bits per heavy atom. The Morgan fingerprint density at radius 2 is 2.04 bits per heavy atom. The van der Waals surface area contributed by atoms with Crippen LogP contribution in [0.15, 0.2) is 40.9 Å². The van der Waals surface area contributed by atoms with Gasteiger partial charge in [0, 0.05) is 24.0 Å². The molecule has 1 aromatic heterocycles. The molecule has 142 valence electrons. The molecule has 2 aromatic rings. The van der Waals surface area contributed by atoms with E-state index in [4.69, 9.17) is 10.2 Å². The molecule has 4 N–H and O–H groups in total. The van der Waals surface area contributed by atoms with Gasteiger partial charge in [0.25, 0.3) is 11.9 Å². The SMILES string of the molecule is Nc1ncc(C(=O)NC2(CNC(=O)[C@@H]3CSC[C@H]3c3ccccc3)CC2)o1. The normalized spacial score (nSPS) is 23.0. The van der Waals surface area contributed by atoms with Crippen LogP contribution in [-0.2, 0) is 4.79 Å². The van der Waals surface area contributed by atoms with Crippen molar-refractivity contribution < 1.29 is 14.0 Å². The highest BCUT2D eigenvalue weighted by atomic mass is 32.2. The quantitative estimate of drug-likeness (QED) is 0.698. The van der Waals surface area contributed by atoms with Gasteiger partial charge >= 0.3 is 0 Å². The molecule has 2 heterocycles. The minimum atomic E-state index is -0.401. The van der Waals surface area contributed by atoms with E-state index in [0.29, 0.717) is 6.54 Å². The first-order chi connectivity index (χ1) is 13.1. The number of nitrogens with zero attached hydrogens (tertiary/aromatic N) is 1. The Hall–Kier alpha value is -2.48. The molecule has 0 radical (unpaired) electrons. The van der Waals surface area contributed by atoms with Crippen molar-refractivity contribution in [2.45, 2.75) is 24.3 Å². The number of benzene rings is 1. The Balaban J connectivity index is 1.34. The molecular weight excluding hydrogens is 364 g/mol. The number of carbonyl (C=O) groups is 2. The van der Waals surface area contributed by atoms with Crippen molar-refractivity contribution in [3.05, 3.63) is 47.9 Å². The molecule has 0 spiro atoms. The molecule has 1 aromatic carbocycles. The Morgan fingerprint density at radius 1 is 1.26 bits per heavy atom. The number of rotatable bonds is 6. The summed E-state index contributed by atoms with van der Waals surface area (Å²) in [5.74, 6) is 1.75. The Bertz CT molecular complexity index is 834. The standard InChI is InChI=1S/C19H22N4O3S/c20-18-21-8-15(26-18)17(25)23-19(6-7-19)11-22-16(24)14-10-27-9-13(14)12-4-2-1-3-5-12/h1-5,8,13-14H,6-7,9-11H2,(H2,20,21)(H,22,24)(H,23,25)/t13-,14+/m0/s1. The van der Waals surface area contributed by atoms with Crippen LogP contribution < -0.4 is 16.4 Å². The van der Waals surface area contributed by atoms with Crippen LogP contribution in [0.2, 0.25) is 0 Å². The number of hydrogen-bond donors (Lipinski definition) is 3. The summed E-state index contributed by atoms with van der Waals surface area (Å²) in [7, 11) is 0. The van der Waals surface area contributed by atoms with Crippen molar-refractivity contribution >= 4 is 29.6 Å². The average Bonchev–Trinajstić information content (AvgIpc) is 3.08. The first-order valence-electron chi connectivity index (χ1n) is 9.01. The molecule has 0 unspecified atom stereocenters. The van der Waals surface area contributed by atoms with E-state index >= 15 is 0 Å². The van der Waals surface area contributed by atoms with Crippen LogP contribution in [0.1, 0.15) is 34.9 Å². The van der Waals surface area contributed by atoms with E-state index in [-0.39, 0.29) is 35.4 Å². The maximum absolute atomic E-state index is 12.8. The largest absolute Gasteiger partial charge is 0.418 e. The molecule has 0 bridgehead atoms. The molecule has 27 heavy (non-hydrogen) atoms. The second-order valence-corrected chi connectivity index (χ2v) is 8.25. The predicted molar refractivity (Wildman–Crippen MR) is 103 cm³/mol. The molecule has 8 heteroatoms. The predicted octanol–water partition coefficient (Wildman–Crippen LogP) is 1.78. The number of carbonyl (C=O) groups excluding carboxylic acids is 2. The third-order valence-electron chi connectivity index (χ3n) is 5.23. The maximum atomic E-state index is 12.8. The Kier molecular flexibility index (Phi) is 4.82. The number of aromatic nitrogens is 1. The first kappa shape index (κ1) is 17.9. The lowest BCUT2D eigenvalue weighted by Gasteiger charge is -2.22. The summed E-state index contributed by atoms with van der Waals surface area (Å²) in [6.45, 7) is 0.421. The summed E-state index contributed by atoms with van der Waals surface area (Å²) >= 11 is 1.81. The molecule has 2 fully saturated rings. The zero-order valence-corrected chi connectivity index (χ0v) is 15.6. The van der Waals surface area contributed by atoms with Gasteiger partial charge in [-0.1, -0.05) is 30.3 Å². The van der Waals surface area contributed by atoms with Gasteiger partial charge in [0.2, 0.25) is 11.7 Å². The van der Waals surface area contributed by atoms with Crippen LogP contribution in [0.3, 0.4) is 0 Å². The van der Waals surface area contributed by atoms with Crippen molar-refractivity contribution in [2.75, 3.05) is 23.8 Å².